The SMILES string of the molecule is COc1cc(Nc2ncc(Br)c(Nc3ccccc3C(C)=O)n2)cc(OC)c1OC.Cl. The van der Waals surface area contributed by atoms with E-state index in [9.17, 15) is 4.79 Å². The molecule has 0 spiro atoms. The predicted molar refractivity (Wildman–Crippen MR) is 126 cm³/mol. The van der Waals surface area contributed by atoms with Crippen LogP contribution >= 0.6 is 28.3 Å². The highest BCUT2D eigenvalue weighted by Crippen LogP contribution is 2.40. The lowest BCUT2D eigenvalue weighted by Gasteiger charge is -2.15. The predicted octanol–water partition coefficient (Wildman–Crippen LogP) is 5.38. The molecule has 0 saturated heterocycles. The fraction of sp³-hybridized carbons (Fsp3) is 0.190. The number of anilines is 4. The number of carbonyl (C=O) groups is 1. The molecule has 0 aliphatic rings. The van der Waals surface area contributed by atoms with Gasteiger partial charge in [-0.05, 0) is 35.0 Å². The monoisotopic (exact) mass is 508 g/mol. The van der Waals surface area contributed by atoms with E-state index in [1.807, 2.05) is 18.2 Å². The van der Waals surface area contributed by atoms with Crippen LogP contribution in [0.15, 0.2) is 47.1 Å². The molecule has 2 N–H and O–H groups in total. The van der Waals surface area contributed by atoms with Crippen molar-refractivity contribution < 1.29 is 19.0 Å². The molecule has 0 amide bonds. The van der Waals surface area contributed by atoms with Crippen LogP contribution < -0.4 is 24.8 Å². The number of hydrogen-bond acceptors (Lipinski definition) is 8. The smallest absolute Gasteiger partial charge is 0.229 e. The maximum atomic E-state index is 11.9. The summed E-state index contributed by atoms with van der Waals surface area (Å²) in [7, 11) is 4.64. The number of nitrogens with zero attached hydrogens (tertiary/aromatic N) is 2. The van der Waals surface area contributed by atoms with Gasteiger partial charge >= 0.3 is 0 Å². The van der Waals surface area contributed by atoms with Gasteiger partial charge in [-0.3, -0.25) is 4.79 Å². The van der Waals surface area contributed by atoms with Gasteiger partial charge in [-0.15, -0.1) is 12.4 Å². The lowest BCUT2D eigenvalue weighted by molar-refractivity contribution is 0.101. The molecule has 0 aliphatic heterocycles. The minimum atomic E-state index is -0.0425. The lowest BCUT2D eigenvalue weighted by Crippen LogP contribution is -2.05. The molecule has 0 bridgehead atoms. The first-order valence-electron chi connectivity index (χ1n) is 8.93. The number of hydrogen-bond donors (Lipinski definition) is 2. The number of ketones is 1. The van der Waals surface area contributed by atoms with E-state index in [0.29, 0.717) is 50.4 Å². The maximum absolute atomic E-state index is 11.9. The van der Waals surface area contributed by atoms with Gasteiger partial charge in [0.05, 0.1) is 31.5 Å². The van der Waals surface area contributed by atoms with Crippen LogP contribution in [0.25, 0.3) is 0 Å². The summed E-state index contributed by atoms with van der Waals surface area (Å²) in [5.41, 5.74) is 1.88. The molecule has 31 heavy (non-hydrogen) atoms. The van der Waals surface area contributed by atoms with Gasteiger partial charge in [0.15, 0.2) is 17.3 Å². The molecule has 0 radical (unpaired) electrons. The third-order valence-corrected chi connectivity index (χ3v) is 4.80. The number of halogens is 2. The molecule has 164 valence electrons. The van der Waals surface area contributed by atoms with E-state index >= 15 is 0 Å². The second kappa shape index (κ2) is 10.8. The van der Waals surface area contributed by atoms with Crippen molar-refractivity contribution in [1.82, 2.24) is 9.97 Å². The van der Waals surface area contributed by atoms with Crippen LogP contribution in [0.5, 0.6) is 17.2 Å². The number of carbonyl (C=O) groups excluding carboxylic acids is 1. The zero-order valence-electron chi connectivity index (χ0n) is 17.4. The summed E-state index contributed by atoms with van der Waals surface area (Å²) in [6.45, 7) is 1.52. The molecule has 0 saturated carbocycles. The van der Waals surface area contributed by atoms with Crippen molar-refractivity contribution in [2.75, 3.05) is 32.0 Å². The van der Waals surface area contributed by atoms with Crippen LogP contribution in [0.3, 0.4) is 0 Å². The van der Waals surface area contributed by atoms with E-state index < -0.39 is 0 Å². The van der Waals surface area contributed by atoms with Gasteiger partial charge in [0.2, 0.25) is 11.7 Å². The highest BCUT2D eigenvalue weighted by Gasteiger charge is 2.15. The van der Waals surface area contributed by atoms with Crippen molar-refractivity contribution in [1.29, 1.82) is 0 Å². The Morgan fingerprint density at radius 1 is 1.00 bits per heavy atom. The average molecular weight is 510 g/mol. The Labute approximate surface area is 194 Å². The van der Waals surface area contributed by atoms with Crippen LogP contribution in [0, 0.1) is 0 Å². The Bertz CT molecular complexity index is 1060. The zero-order chi connectivity index (χ0) is 21.7. The summed E-state index contributed by atoms with van der Waals surface area (Å²) in [5, 5.41) is 6.31. The molecular weight excluding hydrogens is 488 g/mol. The van der Waals surface area contributed by atoms with Gasteiger partial charge in [0, 0.05) is 29.6 Å². The Morgan fingerprint density at radius 3 is 2.23 bits per heavy atom. The van der Waals surface area contributed by atoms with Gasteiger partial charge in [-0.2, -0.15) is 4.98 Å². The van der Waals surface area contributed by atoms with Crippen LogP contribution in [0.1, 0.15) is 17.3 Å². The standard InChI is InChI=1S/C21H21BrN4O4.ClH/c1-12(27)14-7-5-6-8-16(14)25-20-15(22)11-23-21(26-20)24-13-9-17(28-2)19(30-4)18(10-13)29-3;/h5-11H,1-4H3,(H2,23,24,25,26);1H. The highest BCUT2D eigenvalue weighted by molar-refractivity contribution is 9.10. The quantitative estimate of drug-likeness (QED) is 0.391. The van der Waals surface area contributed by atoms with Crippen LogP contribution in [-0.2, 0) is 0 Å². The van der Waals surface area contributed by atoms with Crippen LogP contribution in [0.2, 0.25) is 0 Å². The molecule has 1 aromatic heterocycles. The second-order valence-corrected chi connectivity index (χ2v) is 7.01. The fourth-order valence-electron chi connectivity index (χ4n) is 2.82. The molecule has 3 aromatic rings. The summed E-state index contributed by atoms with van der Waals surface area (Å²) in [6, 6.07) is 10.7. The average Bonchev–Trinajstić information content (AvgIpc) is 2.75. The summed E-state index contributed by atoms with van der Waals surface area (Å²) in [6.07, 6.45) is 1.62. The highest BCUT2D eigenvalue weighted by atomic mass is 79.9. The number of rotatable bonds is 8. The minimum Gasteiger partial charge on any atom is -0.493 e. The molecule has 0 unspecified atom stereocenters. The minimum absolute atomic E-state index is 0. The molecule has 0 aliphatic carbocycles. The molecule has 10 heteroatoms. The third-order valence-electron chi connectivity index (χ3n) is 4.22. The van der Waals surface area contributed by atoms with Gasteiger partial charge in [-0.1, -0.05) is 12.1 Å². The van der Waals surface area contributed by atoms with Gasteiger partial charge in [0.25, 0.3) is 0 Å². The van der Waals surface area contributed by atoms with E-state index in [-0.39, 0.29) is 18.2 Å². The fourth-order valence-corrected chi connectivity index (χ4v) is 3.11. The first-order chi connectivity index (χ1) is 14.5. The van der Waals surface area contributed by atoms with Crippen LogP contribution in [0.4, 0.5) is 23.1 Å². The molecule has 0 atom stereocenters. The first-order valence-corrected chi connectivity index (χ1v) is 9.72. The summed E-state index contributed by atoms with van der Waals surface area (Å²) >= 11 is 3.44. The van der Waals surface area contributed by atoms with E-state index in [1.165, 1.54) is 6.92 Å². The largest absolute Gasteiger partial charge is 0.493 e. The van der Waals surface area contributed by atoms with Gasteiger partial charge in [0.1, 0.15) is 5.82 Å². The molecular formula is C21H22BrClN4O4. The Morgan fingerprint density at radius 2 is 1.65 bits per heavy atom. The number of aromatic nitrogens is 2. The molecule has 0 fully saturated rings. The number of methoxy groups -OCH3 is 3. The van der Waals surface area contributed by atoms with Crippen molar-refractivity contribution in [3.63, 3.8) is 0 Å². The Kier molecular flexibility index (Phi) is 8.47. The number of ether oxygens (including phenoxy) is 3. The van der Waals surface area contributed by atoms with Crippen molar-refractivity contribution in [2.24, 2.45) is 0 Å². The number of para-hydroxylation sites is 1. The van der Waals surface area contributed by atoms with Gasteiger partial charge < -0.3 is 24.8 Å². The summed E-state index contributed by atoms with van der Waals surface area (Å²) < 4.78 is 16.7. The summed E-state index contributed by atoms with van der Waals surface area (Å²) in [5.74, 6) is 2.31. The van der Waals surface area contributed by atoms with Gasteiger partial charge in [-0.25, -0.2) is 4.98 Å². The molecule has 3 rings (SSSR count). The van der Waals surface area contributed by atoms with Crippen molar-refractivity contribution in [3.05, 3.63) is 52.6 Å². The van der Waals surface area contributed by atoms with E-state index in [4.69, 9.17) is 14.2 Å². The zero-order valence-corrected chi connectivity index (χ0v) is 19.8. The number of benzene rings is 2. The normalized spacial score (nSPS) is 9.97. The summed E-state index contributed by atoms with van der Waals surface area (Å²) in [4.78, 5) is 20.7. The number of Topliss-reactive ketones (excluding diaryl/α,β-unsaturated/α-hetero) is 1. The van der Waals surface area contributed by atoms with Crippen molar-refractivity contribution >= 4 is 57.3 Å². The maximum Gasteiger partial charge on any atom is 0.229 e. The van der Waals surface area contributed by atoms with E-state index in [1.54, 1.807) is 45.7 Å². The first kappa shape index (κ1) is 24.2. The molecule has 1 heterocycles. The van der Waals surface area contributed by atoms with E-state index in [2.05, 4.69) is 36.5 Å². The molecule has 8 nitrogen and oxygen atoms in total. The van der Waals surface area contributed by atoms with E-state index in [0.717, 1.165) is 0 Å². The topological polar surface area (TPSA) is 94.6 Å². The number of nitrogens with one attached hydrogen (secondary N) is 2. The Balaban J connectivity index is 0.00000341. The van der Waals surface area contributed by atoms with Crippen molar-refractivity contribution in [2.45, 2.75) is 6.92 Å². The lowest BCUT2D eigenvalue weighted by atomic mass is 10.1. The second-order valence-electron chi connectivity index (χ2n) is 6.16. The van der Waals surface area contributed by atoms with Crippen molar-refractivity contribution in [3.8, 4) is 17.2 Å². The third kappa shape index (κ3) is 5.56. The van der Waals surface area contributed by atoms with Crippen LogP contribution in [-0.4, -0.2) is 37.1 Å². The molecule has 2 aromatic carbocycles. The Hall–Kier alpha value is -3.04.